The molecule has 0 aromatic heterocycles. The van der Waals surface area contributed by atoms with E-state index in [1.165, 1.54) is 19.3 Å². The summed E-state index contributed by atoms with van der Waals surface area (Å²) in [5.41, 5.74) is 0. The Morgan fingerprint density at radius 1 is 1.25 bits per heavy atom. The van der Waals surface area contributed by atoms with Gasteiger partial charge in [-0.2, -0.15) is 0 Å². The summed E-state index contributed by atoms with van der Waals surface area (Å²) in [4.78, 5) is 0. The molecule has 0 heteroatoms. The molecule has 0 aliphatic heterocycles. The Balaban J connectivity index is -0.000000137. The van der Waals surface area contributed by atoms with Crippen molar-refractivity contribution < 1.29 is 0 Å². The summed E-state index contributed by atoms with van der Waals surface area (Å²) < 4.78 is 0. The van der Waals surface area contributed by atoms with Gasteiger partial charge in [-0.1, -0.05) is 60.0 Å². The van der Waals surface area contributed by atoms with Gasteiger partial charge < -0.3 is 0 Å². The van der Waals surface area contributed by atoms with Crippen LogP contribution in [0.3, 0.4) is 0 Å². The maximum absolute atomic E-state index is 3.36. The molecule has 0 rings (SSSR count). The topological polar surface area (TPSA) is 0 Å². The van der Waals surface area contributed by atoms with Gasteiger partial charge in [-0.3, -0.25) is 0 Å². The smallest absolute Gasteiger partial charge is 0.0446 e. The monoisotopic (exact) mass is 172 g/mol. The van der Waals surface area contributed by atoms with Crippen LogP contribution in [0.5, 0.6) is 0 Å². The lowest BCUT2D eigenvalue weighted by Gasteiger charge is -2.02. The molecule has 76 valence electrons. The van der Waals surface area contributed by atoms with E-state index in [2.05, 4.69) is 27.4 Å². The van der Waals surface area contributed by atoms with Crippen molar-refractivity contribution >= 4 is 0 Å². The zero-order chi connectivity index (χ0) is 10.4. The first-order chi connectivity index (χ1) is 5.72. The number of rotatable bonds is 3. The fraction of sp³-hybridized carbons (Fsp3) is 0.833. The molecule has 0 saturated carbocycles. The molecule has 0 aromatic carbocycles. The van der Waals surface area contributed by atoms with E-state index in [1.54, 1.807) is 6.08 Å². The Kier molecular flexibility index (Phi) is 33.1. The second kappa shape index (κ2) is 22.4. The third-order valence-corrected chi connectivity index (χ3v) is 1.48. The molecule has 0 aliphatic rings. The summed E-state index contributed by atoms with van der Waals surface area (Å²) in [6.45, 7) is 16.1. The van der Waals surface area contributed by atoms with Crippen LogP contribution in [0.15, 0.2) is 12.7 Å². The first-order valence-electron chi connectivity index (χ1n) is 5.29. The van der Waals surface area contributed by atoms with Gasteiger partial charge in [-0.05, 0) is 12.8 Å². The van der Waals surface area contributed by atoms with Gasteiger partial charge >= 0.3 is 0 Å². The van der Waals surface area contributed by atoms with Gasteiger partial charge in [0.1, 0.15) is 0 Å². The Labute approximate surface area is 80.1 Å². The van der Waals surface area contributed by atoms with Crippen molar-refractivity contribution in [1.82, 2.24) is 0 Å². The molecule has 1 atom stereocenters. The summed E-state index contributed by atoms with van der Waals surface area (Å²) in [6, 6.07) is 0. The number of hydrogen-bond donors (Lipinski definition) is 0. The predicted molar refractivity (Wildman–Crippen MR) is 61.6 cm³/mol. The maximum Gasteiger partial charge on any atom is -0.0446 e. The van der Waals surface area contributed by atoms with E-state index < -0.39 is 0 Å². The van der Waals surface area contributed by atoms with Gasteiger partial charge in [-0.15, -0.1) is 6.58 Å². The van der Waals surface area contributed by atoms with Crippen molar-refractivity contribution in [3.8, 4) is 0 Å². The quantitative estimate of drug-likeness (QED) is 0.522. The minimum absolute atomic E-state index is 0.949. The Morgan fingerprint density at radius 2 is 1.58 bits per heavy atom. The molecule has 0 bridgehead atoms. The summed E-state index contributed by atoms with van der Waals surface area (Å²) in [6.07, 6.45) is 5.83. The fourth-order valence-corrected chi connectivity index (χ4v) is 0.697. The van der Waals surface area contributed by atoms with Gasteiger partial charge in [-0.25, -0.2) is 0 Å². The van der Waals surface area contributed by atoms with Gasteiger partial charge in [0.15, 0.2) is 0 Å². The van der Waals surface area contributed by atoms with E-state index in [0.717, 1.165) is 5.92 Å². The molecule has 0 amide bonds. The average molecular weight is 172 g/mol. The van der Waals surface area contributed by atoms with E-state index >= 15 is 0 Å². The SMILES string of the molecule is C=CC.CC.CCCC(C)CC. The number of hydrogen-bond acceptors (Lipinski definition) is 0. The van der Waals surface area contributed by atoms with Crippen LogP contribution in [-0.4, -0.2) is 0 Å². The summed E-state index contributed by atoms with van der Waals surface area (Å²) in [5.74, 6) is 0.949. The van der Waals surface area contributed by atoms with Crippen LogP contribution in [0.4, 0.5) is 0 Å². The number of allylic oxidation sites excluding steroid dienone is 1. The molecule has 0 spiro atoms. The van der Waals surface area contributed by atoms with Crippen LogP contribution in [-0.2, 0) is 0 Å². The standard InChI is InChI=1S/C7H16.C3H6.C2H6/c1-4-6-7(3)5-2;1-3-2;1-2/h7H,4-6H2,1-3H3;3H,1H2,2H3;1-2H3. The van der Waals surface area contributed by atoms with Crippen molar-refractivity contribution in [2.24, 2.45) is 5.92 Å². The van der Waals surface area contributed by atoms with Gasteiger partial charge in [0, 0.05) is 0 Å². The van der Waals surface area contributed by atoms with Gasteiger partial charge in [0.2, 0.25) is 0 Å². The third kappa shape index (κ3) is 33.1. The lowest BCUT2D eigenvalue weighted by Crippen LogP contribution is -1.88. The maximum atomic E-state index is 3.36. The zero-order valence-electron chi connectivity index (χ0n) is 9.98. The minimum Gasteiger partial charge on any atom is -0.103 e. The van der Waals surface area contributed by atoms with Gasteiger partial charge in [0.25, 0.3) is 0 Å². The zero-order valence-corrected chi connectivity index (χ0v) is 9.98. The van der Waals surface area contributed by atoms with E-state index in [4.69, 9.17) is 0 Å². The van der Waals surface area contributed by atoms with Crippen molar-refractivity contribution in [2.45, 2.75) is 60.8 Å². The fourth-order valence-electron chi connectivity index (χ4n) is 0.697. The minimum atomic E-state index is 0.949. The Morgan fingerprint density at radius 3 is 1.67 bits per heavy atom. The summed E-state index contributed by atoms with van der Waals surface area (Å²) in [7, 11) is 0. The lowest BCUT2D eigenvalue weighted by atomic mass is 10.0. The first kappa shape index (κ1) is 17.7. The molecule has 0 heterocycles. The van der Waals surface area contributed by atoms with E-state index in [0.29, 0.717) is 0 Å². The van der Waals surface area contributed by atoms with Crippen molar-refractivity contribution in [3.63, 3.8) is 0 Å². The second-order valence-electron chi connectivity index (χ2n) is 2.71. The lowest BCUT2D eigenvalue weighted by molar-refractivity contribution is 0.509. The summed E-state index contributed by atoms with van der Waals surface area (Å²) in [5, 5.41) is 0. The van der Waals surface area contributed by atoms with E-state index in [1.807, 2.05) is 20.8 Å². The van der Waals surface area contributed by atoms with Crippen LogP contribution >= 0.6 is 0 Å². The Bertz CT molecular complexity index is 55.1. The molecule has 0 saturated heterocycles. The summed E-state index contributed by atoms with van der Waals surface area (Å²) >= 11 is 0. The first-order valence-corrected chi connectivity index (χ1v) is 5.29. The van der Waals surface area contributed by atoms with Crippen molar-refractivity contribution in [3.05, 3.63) is 12.7 Å². The van der Waals surface area contributed by atoms with Crippen LogP contribution in [0, 0.1) is 5.92 Å². The molecular formula is C12H28. The molecule has 1 unspecified atom stereocenters. The normalized spacial score (nSPS) is 9.83. The van der Waals surface area contributed by atoms with Crippen LogP contribution in [0.1, 0.15) is 60.8 Å². The molecule has 0 radical (unpaired) electrons. The molecule has 0 aromatic rings. The third-order valence-electron chi connectivity index (χ3n) is 1.48. The molecular weight excluding hydrogens is 144 g/mol. The highest BCUT2D eigenvalue weighted by atomic mass is 14.0. The highest BCUT2D eigenvalue weighted by molar-refractivity contribution is 4.51. The van der Waals surface area contributed by atoms with Crippen LogP contribution in [0.2, 0.25) is 0 Å². The van der Waals surface area contributed by atoms with Crippen LogP contribution < -0.4 is 0 Å². The highest BCUT2D eigenvalue weighted by Crippen LogP contribution is 2.07. The molecule has 0 aliphatic carbocycles. The predicted octanol–water partition coefficient (Wildman–Crippen LogP) is 5.05. The largest absolute Gasteiger partial charge is 0.103 e. The van der Waals surface area contributed by atoms with Crippen molar-refractivity contribution in [2.75, 3.05) is 0 Å². The molecule has 12 heavy (non-hydrogen) atoms. The molecule has 0 nitrogen and oxygen atoms in total. The van der Waals surface area contributed by atoms with Gasteiger partial charge in [0.05, 0.1) is 0 Å². The molecule has 0 fully saturated rings. The molecule has 0 N–H and O–H groups in total. The average Bonchev–Trinajstić information content (AvgIpc) is 2.10. The second-order valence-corrected chi connectivity index (χ2v) is 2.71. The Hall–Kier alpha value is -0.260. The highest BCUT2D eigenvalue weighted by Gasteiger charge is 1.92. The van der Waals surface area contributed by atoms with E-state index in [9.17, 15) is 0 Å². The van der Waals surface area contributed by atoms with Crippen molar-refractivity contribution in [1.29, 1.82) is 0 Å². The van der Waals surface area contributed by atoms with E-state index in [-0.39, 0.29) is 0 Å². The van der Waals surface area contributed by atoms with Crippen LogP contribution in [0.25, 0.3) is 0 Å².